The summed E-state index contributed by atoms with van der Waals surface area (Å²) in [5, 5.41) is 0.798. The lowest BCUT2D eigenvalue weighted by Gasteiger charge is -2.39. The van der Waals surface area contributed by atoms with E-state index in [1.54, 1.807) is 0 Å². The van der Waals surface area contributed by atoms with E-state index in [1.807, 2.05) is 19.1 Å². The van der Waals surface area contributed by atoms with Crippen LogP contribution in [0.5, 0.6) is 0 Å². The highest BCUT2D eigenvalue weighted by atomic mass is 35.5. The summed E-state index contributed by atoms with van der Waals surface area (Å²) >= 11 is 6.00. The van der Waals surface area contributed by atoms with Gasteiger partial charge in [-0.2, -0.15) is 0 Å². The Morgan fingerprint density at radius 3 is 2.09 bits per heavy atom. The van der Waals surface area contributed by atoms with Crippen LogP contribution >= 0.6 is 48.8 Å². The molecule has 0 aromatic heterocycles. The summed E-state index contributed by atoms with van der Waals surface area (Å²) in [7, 11) is 0. The third kappa shape index (κ3) is 5.78. The Morgan fingerprint density at radius 2 is 1.50 bits per heavy atom. The Labute approximate surface area is 216 Å². The number of halogens is 4. The molecule has 0 radical (unpaired) electrons. The van der Waals surface area contributed by atoms with Crippen LogP contribution in [0.1, 0.15) is 39.7 Å². The van der Waals surface area contributed by atoms with Crippen molar-refractivity contribution in [2.45, 2.75) is 40.7 Å². The monoisotopic (exact) mass is 521 g/mol. The molecule has 0 spiro atoms. The molecule has 4 nitrogen and oxygen atoms in total. The van der Waals surface area contributed by atoms with E-state index in [-0.39, 0.29) is 42.6 Å². The van der Waals surface area contributed by atoms with Crippen molar-refractivity contribution in [3.63, 3.8) is 0 Å². The summed E-state index contributed by atoms with van der Waals surface area (Å²) in [5.41, 5.74) is 12.8. The third-order valence-corrected chi connectivity index (χ3v) is 7.03. The summed E-state index contributed by atoms with van der Waals surface area (Å²) in [6.07, 6.45) is 0.968. The second kappa shape index (κ2) is 11.5. The van der Waals surface area contributed by atoms with Gasteiger partial charge < -0.3 is 10.5 Å². The van der Waals surface area contributed by atoms with Gasteiger partial charge in [0, 0.05) is 66.5 Å². The van der Waals surface area contributed by atoms with Gasteiger partial charge in [-0.05, 0) is 50.5 Å². The topological polar surface area (TPSA) is 41.7 Å². The Morgan fingerprint density at radius 1 is 0.938 bits per heavy atom. The second-order valence-corrected chi connectivity index (χ2v) is 9.46. The standard InChI is InChI=1S/C24H32ClN3O.3ClH/c1-16-17(2)29-18(3)21-13-24(4,23(26)22(16)21)15-28-11-9-27(10-12-28)14-19-5-7-20(25)8-6-19;;;/h5-8H,9-15,26H2,1-4H3;3*1H. The lowest BCUT2D eigenvalue weighted by atomic mass is 9.85. The number of benzene rings is 1. The smallest absolute Gasteiger partial charge is 0.104 e. The van der Waals surface area contributed by atoms with Crippen molar-refractivity contribution in [2.75, 3.05) is 32.7 Å². The first-order chi connectivity index (χ1) is 13.8. The Hall–Kier alpha value is -0.880. The van der Waals surface area contributed by atoms with Crippen LogP contribution in [-0.2, 0) is 11.3 Å². The summed E-state index contributed by atoms with van der Waals surface area (Å²) in [6.45, 7) is 14.9. The predicted molar refractivity (Wildman–Crippen MR) is 141 cm³/mol. The zero-order chi connectivity index (χ0) is 20.8. The third-order valence-electron chi connectivity index (χ3n) is 6.78. The zero-order valence-corrected chi connectivity index (χ0v) is 22.4. The first-order valence-electron chi connectivity index (χ1n) is 10.5. The Kier molecular flexibility index (Phi) is 10.5. The highest BCUT2D eigenvalue weighted by Gasteiger charge is 2.43. The molecule has 0 amide bonds. The van der Waals surface area contributed by atoms with Gasteiger partial charge in [-0.1, -0.05) is 30.7 Å². The fourth-order valence-corrected chi connectivity index (χ4v) is 5.02. The molecule has 4 rings (SSSR count). The second-order valence-electron chi connectivity index (χ2n) is 9.02. The van der Waals surface area contributed by atoms with Gasteiger partial charge in [0.15, 0.2) is 0 Å². The van der Waals surface area contributed by atoms with E-state index >= 15 is 0 Å². The number of rotatable bonds is 4. The molecule has 1 aliphatic carbocycles. The van der Waals surface area contributed by atoms with E-state index in [4.69, 9.17) is 22.1 Å². The number of piperazine rings is 1. The SMILES string of the molecule is CC1=C(C)C2=C(N)C(C)(CN3CCN(Cc4ccc(Cl)cc4)CC3)CC2=C(C)O1.Cl.Cl.Cl. The van der Waals surface area contributed by atoms with E-state index in [2.05, 4.69) is 42.7 Å². The van der Waals surface area contributed by atoms with E-state index in [9.17, 15) is 0 Å². The molecule has 1 saturated heterocycles. The lowest BCUT2D eigenvalue weighted by molar-refractivity contribution is 0.0990. The van der Waals surface area contributed by atoms with Crippen molar-refractivity contribution in [1.82, 2.24) is 9.80 Å². The molecule has 180 valence electrons. The molecule has 2 heterocycles. The summed E-state index contributed by atoms with van der Waals surface area (Å²) in [5.74, 6) is 1.99. The van der Waals surface area contributed by atoms with Crippen LogP contribution in [0, 0.1) is 5.41 Å². The largest absolute Gasteiger partial charge is 0.466 e. The minimum atomic E-state index is -0.0283. The maximum atomic E-state index is 6.75. The first-order valence-corrected chi connectivity index (χ1v) is 10.9. The molecular formula is C24H35Cl4N3O. The highest BCUT2D eigenvalue weighted by molar-refractivity contribution is 6.30. The van der Waals surface area contributed by atoms with Crippen molar-refractivity contribution >= 4 is 48.8 Å². The predicted octanol–water partition coefficient (Wildman–Crippen LogP) is 5.94. The number of ether oxygens (including phenoxy) is 1. The highest BCUT2D eigenvalue weighted by Crippen LogP contribution is 2.50. The molecule has 8 heteroatoms. The normalized spacial score (nSPS) is 23.8. The van der Waals surface area contributed by atoms with Crippen LogP contribution < -0.4 is 5.73 Å². The number of allylic oxidation sites excluding steroid dienone is 5. The van der Waals surface area contributed by atoms with Gasteiger partial charge in [0.1, 0.15) is 11.5 Å². The molecule has 2 N–H and O–H groups in total. The Bertz CT molecular complexity index is 902. The molecule has 32 heavy (non-hydrogen) atoms. The maximum Gasteiger partial charge on any atom is 0.104 e. The molecule has 3 aliphatic rings. The fraction of sp³-hybridized carbons (Fsp3) is 0.500. The van der Waals surface area contributed by atoms with Gasteiger partial charge in [-0.25, -0.2) is 0 Å². The van der Waals surface area contributed by atoms with Crippen molar-refractivity contribution in [3.05, 3.63) is 68.8 Å². The van der Waals surface area contributed by atoms with Crippen molar-refractivity contribution in [3.8, 4) is 0 Å². The average Bonchev–Trinajstić information content (AvgIpc) is 2.95. The van der Waals surface area contributed by atoms with E-state index in [0.29, 0.717) is 0 Å². The summed E-state index contributed by atoms with van der Waals surface area (Å²) in [4.78, 5) is 5.10. The van der Waals surface area contributed by atoms with Gasteiger partial charge in [0.2, 0.25) is 0 Å². The molecule has 1 unspecified atom stereocenters. The molecule has 1 fully saturated rings. The molecule has 1 aromatic carbocycles. The van der Waals surface area contributed by atoms with E-state index < -0.39 is 0 Å². The minimum absolute atomic E-state index is 0. The minimum Gasteiger partial charge on any atom is -0.466 e. The van der Waals surface area contributed by atoms with Gasteiger partial charge in [-0.15, -0.1) is 37.2 Å². The fourth-order valence-electron chi connectivity index (χ4n) is 4.90. The number of hydrogen-bond donors (Lipinski definition) is 1. The van der Waals surface area contributed by atoms with E-state index in [1.165, 1.54) is 22.3 Å². The summed E-state index contributed by atoms with van der Waals surface area (Å²) < 4.78 is 5.96. The first kappa shape index (κ1) is 29.2. The summed E-state index contributed by atoms with van der Waals surface area (Å²) in [6, 6.07) is 8.20. The van der Waals surface area contributed by atoms with Gasteiger partial charge >= 0.3 is 0 Å². The van der Waals surface area contributed by atoms with Crippen LogP contribution in [0.4, 0.5) is 0 Å². The molecule has 0 bridgehead atoms. The molecular weight excluding hydrogens is 488 g/mol. The quantitative estimate of drug-likeness (QED) is 0.531. The van der Waals surface area contributed by atoms with E-state index in [0.717, 1.165) is 67.9 Å². The van der Waals surface area contributed by atoms with Gasteiger partial charge in [0.05, 0.1) is 0 Å². The number of fused-ring (bicyclic) bond motifs is 1. The van der Waals surface area contributed by atoms with Crippen LogP contribution in [0.15, 0.2) is 58.2 Å². The Balaban J connectivity index is 0.00000171. The lowest BCUT2D eigenvalue weighted by Crippen LogP contribution is -2.49. The van der Waals surface area contributed by atoms with Crippen LogP contribution in [0.2, 0.25) is 5.02 Å². The molecule has 1 atom stereocenters. The molecule has 0 saturated carbocycles. The zero-order valence-electron chi connectivity index (χ0n) is 19.2. The number of nitrogens with zero attached hydrogens (tertiary/aromatic N) is 2. The maximum absolute atomic E-state index is 6.75. The average molecular weight is 523 g/mol. The number of nitrogens with two attached hydrogens (primary N) is 1. The van der Waals surface area contributed by atoms with Gasteiger partial charge in [0.25, 0.3) is 0 Å². The molecule has 2 aliphatic heterocycles. The van der Waals surface area contributed by atoms with Crippen LogP contribution in [0.3, 0.4) is 0 Å². The van der Waals surface area contributed by atoms with Gasteiger partial charge in [-0.3, -0.25) is 9.80 Å². The van der Waals surface area contributed by atoms with Crippen molar-refractivity contribution in [1.29, 1.82) is 0 Å². The van der Waals surface area contributed by atoms with Crippen molar-refractivity contribution < 1.29 is 4.74 Å². The van der Waals surface area contributed by atoms with Crippen LogP contribution in [-0.4, -0.2) is 42.5 Å². The number of hydrogen-bond acceptors (Lipinski definition) is 4. The molecule has 1 aromatic rings. The van der Waals surface area contributed by atoms with Crippen molar-refractivity contribution in [2.24, 2.45) is 11.1 Å². The van der Waals surface area contributed by atoms with Crippen LogP contribution in [0.25, 0.3) is 0 Å².